The average Bonchev–Trinajstić information content (AvgIpc) is 3.16. The molecule has 28 heavy (non-hydrogen) atoms. The van der Waals surface area contributed by atoms with Crippen LogP contribution < -0.4 is 14.8 Å². The molecule has 0 aliphatic carbocycles. The maximum Gasteiger partial charge on any atom is 0.161 e. The van der Waals surface area contributed by atoms with Gasteiger partial charge in [0.1, 0.15) is 17.5 Å². The van der Waals surface area contributed by atoms with E-state index in [1.807, 2.05) is 43.3 Å². The molecule has 0 saturated heterocycles. The predicted molar refractivity (Wildman–Crippen MR) is 115 cm³/mol. The van der Waals surface area contributed by atoms with E-state index in [4.69, 9.17) is 25.5 Å². The molecule has 0 atom stereocenters. The lowest BCUT2D eigenvalue weighted by molar-refractivity contribution is 0.268. The first-order chi connectivity index (χ1) is 12.7. The summed E-state index contributed by atoms with van der Waals surface area (Å²) in [5.41, 5.74) is 2.06. The normalized spacial score (nSPS) is 9.93. The Morgan fingerprint density at radius 2 is 1.82 bits per heavy atom. The molecule has 0 fully saturated rings. The fraction of sp³-hybridized carbons (Fsp3) is 0.250. The van der Waals surface area contributed by atoms with Gasteiger partial charge in [-0.2, -0.15) is 0 Å². The van der Waals surface area contributed by atoms with Crippen LogP contribution in [-0.4, -0.2) is 11.6 Å². The molecule has 0 amide bonds. The van der Waals surface area contributed by atoms with Gasteiger partial charge in [0.05, 0.1) is 19.4 Å². The van der Waals surface area contributed by atoms with Gasteiger partial charge in [0.2, 0.25) is 0 Å². The van der Waals surface area contributed by atoms with E-state index in [0.29, 0.717) is 37.2 Å². The fourth-order valence-electron chi connectivity index (χ4n) is 2.45. The van der Waals surface area contributed by atoms with Crippen molar-refractivity contribution in [3.63, 3.8) is 0 Å². The summed E-state index contributed by atoms with van der Waals surface area (Å²) in [6.07, 6.45) is 3.38. The van der Waals surface area contributed by atoms with E-state index in [1.165, 1.54) is 0 Å². The van der Waals surface area contributed by atoms with E-state index in [0.717, 1.165) is 22.6 Å². The molecule has 152 valence electrons. The molecule has 0 bridgehead atoms. The molecule has 2 heterocycles. The molecule has 5 nitrogen and oxygen atoms in total. The third kappa shape index (κ3) is 7.24. The average molecular weight is 446 g/mol. The maximum absolute atomic E-state index is 5.89. The molecule has 3 aromatic rings. The summed E-state index contributed by atoms with van der Waals surface area (Å²) in [7, 11) is 0. The molecule has 0 saturated carbocycles. The van der Waals surface area contributed by atoms with Gasteiger partial charge in [0.15, 0.2) is 11.5 Å². The predicted octanol–water partition coefficient (Wildman–Crippen LogP) is 5.44. The van der Waals surface area contributed by atoms with Crippen molar-refractivity contribution in [2.75, 3.05) is 6.61 Å². The minimum absolute atomic E-state index is 0. The molecule has 0 aliphatic rings. The highest BCUT2D eigenvalue weighted by Crippen LogP contribution is 2.29. The van der Waals surface area contributed by atoms with E-state index in [-0.39, 0.29) is 24.8 Å². The Morgan fingerprint density at radius 3 is 2.50 bits per heavy atom. The lowest BCUT2D eigenvalue weighted by Gasteiger charge is -2.14. The van der Waals surface area contributed by atoms with Crippen LogP contribution in [0.2, 0.25) is 5.15 Å². The Hall–Kier alpha value is -1.92. The summed E-state index contributed by atoms with van der Waals surface area (Å²) in [6, 6.07) is 13.4. The van der Waals surface area contributed by atoms with Gasteiger partial charge in [-0.1, -0.05) is 23.7 Å². The highest BCUT2D eigenvalue weighted by Gasteiger charge is 2.08. The van der Waals surface area contributed by atoms with E-state index in [2.05, 4.69) is 10.3 Å². The zero-order chi connectivity index (χ0) is 18.2. The number of aromatic nitrogens is 1. The third-order valence-electron chi connectivity index (χ3n) is 3.70. The van der Waals surface area contributed by atoms with Crippen molar-refractivity contribution >= 4 is 36.4 Å². The monoisotopic (exact) mass is 444 g/mol. The highest BCUT2D eigenvalue weighted by atomic mass is 35.5. The molecule has 0 unspecified atom stereocenters. The van der Waals surface area contributed by atoms with Crippen LogP contribution in [0.4, 0.5) is 0 Å². The van der Waals surface area contributed by atoms with Gasteiger partial charge >= 0.3 is 0 Å². The number of hydrogen-bond acceptors (Lipinski definition) is 5. The van der Waals surface area contributed by atoms with Crippen molar-refractivity contribution in [2.45, 2.75) is 26.6 Å². The van der Waals surface area contributed by atoms with Crippen molar-refractivity contribution in [3.05, 3.63) is 77.0 Å². The second kappa shape index (κ2) is 12.5. The van der Waals surface area contributed by atoms with Crippen LogP contribution in [0, 0.1) is 0 Å². The second-order valence-corrected chi connectivity index (χ2v) is 6.06. The maximum atomic E-state index is 5.89. The molecule has 2 aromatic heterocycles. The van der Waals surface area contributed by atoms with E-state index in [1.54, 1.807) is 18.5 Å². The Bertz CT molecular complexity index is 812. The number of pyridine rings is 1. The smallest absolute Gasteiger partial charge is 0.161 e. The molecule has 0 spiro atoms. The van der Waals surface area contributed by atoms with Gasteiger partial charge in [-0.05, 0) is 42.8 Å². The van der Waals surface area contributed by atoms with Gasteiger partial charge in [0.25, 0.3) is 0 Å². The van der Waals surface area contributed by atoms with Gasteiger partial charge in [-0.15, -0.1) is 24.8 Å². The molecule has 1 aromatic carbocycles. The first-order valence-corrected chi connectivity index (χ1v) is 8.84. The van der Waals surface area contributed by atoms with Crippen molar-refractivity contribution in [2.24, 2.45) is 0 Å². The SMILES string of the molecule is CCOc1cc(CNCc2ccco2)ccc1OCc1ccc(Cl)nc1.Cl.Cl. The number of nitrogens with one attached hydrogen (secondary N) is 1. The summed E-state index contributed by atoms with van der Waals surface area (Å²) in [6.45, 7) is 4.32. The summed E-state index contributed by atoms with van der Waals surface area (Å²) in [4.78, 5) is 4.06. The largest absolute Gasteiger partial charge is 0.490 e. The number of benzene rings is 1. The fourth-order valence-corrected chi connectivity index (χ4v) is 2.56. The lowest BCUT2D eigenvalue weighted by atomic mass is 10.2. The number of rotatable bonds is 9. The third-order valence-corrected chi connectivity index (χ3v) is 3.92. The summed E-state index contributed by atoms with van der Waals surface area (Å²) in [5.74, 6) is 2.34. The van der Waals surface area contributed by atoms with Crippen LogP contribution in [0.1, 0.15) is 23.8 Å². The van der Waals surface area contributed by atoms with Crippen LogP contribution in [0.25, 0.3) is 0 Å². The topological polar surface area (TPSA) is 56.5 Å². The van der Waals surface area contributed by atoms with Gasteiger partial charge in [-0.3, -0.25) is 0 Å². The van der Waals surface area contributed by atoms with E-state index >= 15 is 0 Å². The first kappa shape index (κ1) is 24.1. The molecular formula is C20H23Cl3N2O3. The number of nitrogens with zero attached hydrogens (tertiary/aromatic N) is 1. The van der Waals surface area contributed by atoms with Gasteiger partial charge in [0, 0.05) is 18.3 Å². The van der Waals surface area contributed by atoms with Crippen molar-refractivity contribution in [3.8, 4) is 11.5 Å². The molecule has 3 rings (SSSR count). The molecule has 0 aliphatic heterocycles. The molecule has 8 heteroatoms. The molecular weight excluding hydrogens is 423 g/mol. The number of hydrogen-bond donors (Lipinski definition) is 1. The Balaban J connectivity index is 0.00000196. The van der Waals surface area contributed by atoms with Crippen molar-refractivity contribution in [1.29, 1.82) is 0 Å². The zero-order valence-electron chi connectivity index (χ0n) is 15.4. The lowest BCUT2D eigenvalue weighted by Crippen LogP contribution is -2.12. The summed E-state index contributed by atoms with van der Waals surface area (Å²) < 4.78 is 16.9. The standard InChI is InChI=1S/C20H21ClN2O3.2ClH/c1-2-24-19-10-15(11-22-13-17-4-3-9-25-17)5-7-18(19)26-14-16-6-8-20(21)23-12-16;;/h3-10,12,22H,2,11,13-14H2,1H3;2*1H. The molecule has 0 radical (unpaired) electrons. The van der Waals surface area contributed by atoms with Crippen molar-refractivity contribution in [1.82, 2.24) is 10.3 Å². The summed E-state index contributed by atoms with van der Waals surface area (Å²) >= 11 is 5.80. The molecule has 1 N–H and O–H groups in total. The minimum atomic E-state index is 0. The summed E-state index contributed by atoms with van der Waals surface area (Å²) in [5, 5.41) is 3.81. The Labute approximate surface area is 182 Å². The van der Waals surface area contributed by atoms with E-state index < -0.39 is 0 Å². The number of furan rings is 1. The van der Waals surface area contributed by atoms with Crippen LogP contribution in [0.5, 0.6) is 11.5 Å². The Morgan fingerprint density at radius 1 is 1.00 bits per heavy atom. The van der Waals surface area contributed by atoms with Crippen LogP contribution in [-0.2, 0) is 19.7 Å². The number of halogens is 3. The quantitative estimate of drug-likeness (QED) is 0.444. The van der Waals surface area contributed by atoms with Gasteiger partial charge in [-0.25, -0.2) is 4.98 Å². The van der Waals surface area contributed by atoms with Crippen LogP contribution >= 0.6 is 36.4 Å². The minimum Gasteiger partial charge on any atom is -0.490 e. The van der Waals surface area contributed by atoms with Crippen LogP contribution in [0.3, 0.4) is 0 Å². The van der Waals surface area contributed by atoms with Crippen LogP contribution in [0.15, 0.2) is 59.3 Å². The van der Waals surface area contributed by atoms with Gasteiger partial charge < -0.3 is 19.2 Å². The first-order valence-electron chi connectivity index (χ1n) is 8.46. The van der Waals surface area contributed by atoms with Crippen molar-refractivity contribution < 1.29 is 13.9 Å². The highest BCUT2D eigenvalue weighted by molar-refractivity contribution is 6.29. The zero-order valence-corrected chi connectivity index (χ0v) is 17.8. The second-order valence-electron chi connectivity index (χ2n) is 5.67. The van der Waals surface area contributed by atoms with E-state index in [9.17, 15) is 0 Å². The number of ether oxygens (including phenoxy) is 2. The Kier molecular flexibility index (Phi) is 10.8.